The van der Waals surface area contributed by atoms with Gasteiger partial charge in [0.2, 0.25) is 0 Å². The second kappa shape index (κ2) is 4.74. The normalized spacial score (nSPS) is 12.8. The Balaban J connectivity index is 2.81. The molecule has 0 aliphatic heterocycles. The van der Waals surface area contributed by atoms with Crippen LogP contribution in [0.3, 0.4) is 0 Å². The Morgan fingerprint density at radius 2 is 2.54 bits per heavy atom. The molecule has 1 rings (SSSR count). The van der Waals surface area contributed by atoms with E-state index >= 15 is 0 Å². The van der Waals surface area contributed by atoms with E-state index in [0.717, 1.165) is 9.35 Å². The average Bonchev–Trinajstić information content (AvgIpc) is 2.46. The lowest BCUT2D eigenvalue weighted by Gasteiger charge is -2.07. The van der Waals surface area contributed by atoms with Crippen molar-refractivity contribution in [3.05, 3.63) is 20.8 Å². The summed E-state index contributed by atoms with van der Waals surface area (Å²) in [7, 11) is 1.50. The lowest BCUT2D eigenvalue weighted by molar-refractivity contribution is -0.140. The van der Waals surface area contributed by atoms with Crippen molar-refractivity contribution < 1.29 is 14.6 Å². The third-order valence-corrected chi connectivity index (χ3v) is 3.37. The number of methoxy groups -OCH3 is 1. The molecule has 0 saturated heterocycles. The van der Waals surface area contributed by atoms with Gasteiger partial charge in [0, 0.05) is 21.8 Å². The molecule has 0 amide bonds. The zero-order valence-electron chi connectivity index (χ0n) is 6.99. The van der Waals surface area contributed by atoms with Gasteiger partial charge in [0.1, 0.15) is 5.92 Å². The van der Waals surface area contributed by atoms with Crippen LogP contribution in [0.25, 0.3) is 0 Å². The number of carboxylic acids is 1. The lowest BCUT2D eigenvalue weighted by Crippen LogP contribution is -2.15. The van der Waals surface area contributed by atoms with Gasteiger partial charge in [-0.2, -0.15) is 0 Å². The number of thiophene rings is 1. The summed E-state index contributed by atoms with van der Waals surface area (Å²) in [6, 6.07) is 1.81. The summed E-state index contributed by atoms with van der Waals surface area (Å²) in [5.74, 6) is -1.41. The number of carboxylic acid groups (broad SMARTS) is 1. The van der Waals surface area contributed by atoms with E-state index in [1.54, 1.807) is 0 Å². The molecule has 0 saturated carbocycles. The van der Waals surface area contributed by atoms with E-state index in [9.17, 15) is 4.79 Å². The number of ether oxygens (including phenoxy) is 1. The second-order valence-corrected chi connectivity index (χ2v) is 4.37. The number of rotatable bonds is 4. The molecule has 1 heterocycles. The average molecular weight is 265 g/mol. The molecule has 72 valence electrons. The Bertz CT molecular complexity index is 297. The highest BCUT2D eigenvalue weighted by Crippen LogP contribution is 2.27. The van der Waals surface area contributed by atoms with Crippen molar-refractivity contribution in [1.29, 1.82) is 0 Å². The maximum Gasteiger partial charge on any atom is 0.314 e. The maximum absolute atomic E-state index is 10.8. The van der Waals surface area contributed by atoms with Crippen molar-refractivity contribution in [3.63, 3.8) is 0 Å². The maximum atomic E-state index is 10.8. The van der Waals surface area contributed by atoms with E-state index in [0.29, 0.717) is 0 Å². The fourth-order valence-corrected chi connectivity index (χ4v) is 2.48. The van der Waals surface area contributed by atoms with Crippen LogP contribution in [0.15, 0.2) is 15.9 Å². The van der Waals surface area contributed by atoms with Crippen molar-refractivity contribution in [2.75, 3.05) is 13.7 Å². The molecule has 0 aromatic carbocycles. The van der Waals surface area contributed by atoms with Gasteiger partial charge < -0.3 is 9.84 Å². The predicted molar refractivity (Wildman–Crippen MR) is 54.3 cm³/mol. The molecule has 1 aromatic heterocycles. The summed E-state index contributed by atoms with van der Waals surface area (Å²) in [5, 5.41) is 10.7. The van der Waals surface area contributed by atoms with Crippen LogP contribution in [0.5, 0.6) is 0 Å². The van der Waals surface area contributed by atoms with Gasteiger partial charge in [-0.15, -0.1) is 11.3 Å². The van der Waals surface area contributed by atoms with Gasteiger partial charge in [-0.3, -0.25) is 4.79 Å². The molecule has 5 heteroatoms. The molecule has 13 heavy (non-hydrogen) atoms. The third-order valence-electron chi connectivity index (χ3n) is 1.56. The molecule has 1 unspecified atom stereocenters. The standard InChI is InChI=1S/C8H9BrO3S/c1-12-3-6(8(10)11)7-2-5(9)4-13-7/h2,4,6H,3H2,1H3,(H,10,11). The second-order valence-electron chi connectivity index (χ2n) is 2.51. The first-order valence-corrected chi connectivity index (χ1v) is 5.28. The molecular formula is C8H9BrO3S. The van der Waals surface area contributed by atoms with E-state index in [1.807, 2.05) is 11.4 Å². The van der Waals surface area contributed by atoms with Crippen LogP contribution >= 0.6 is 27.3 Å². The molecule has 0 bridgehead atoms. The predicted octanol–water partition coefficient (Wildman–Crippen LogP) is 2.33. The first-order valence-electron chi connectivity index (χ1n) is 3.61. The highest BCUT2D eigenvalue weighted by molar-refractivity contribution is 9.10. The van der Waals surface area contributed by atoms with E-state index in [2.05, 4.69) is 15.9 Å². The van der Waals surface area contributed by atoms with Gasteiger partial charge in [-0.1, -0.05) is 0 Å². The van der Waals surface area contributed by atoms with Crippen molar-refractivity contribution in [2.45, 2.75) is 5.92 Å². The van der Waals surface area contributed by atoms with Crippen molar-refractivity contribution in [1.82, 2.24) is 0 Å². The van der Waals surface area contributed by atoms with Crippen LogP contribution in [-0.4, -0.2) is 24.8 Å². The van der Waals surface area contributed by atoms with Gasteiger partial charge in [0.15, 0.2) is 0 Å². The lowest BCUT2D eigenvalue weighted by atomic mass is 10.1. The highest BCUT2D eigenvalue weighted by Gasteiger charge is 2.21. The van der Waals surface area contributed by atoms with Crippen molar-refractivity contribution in [3.8, 4) is 0 Å². The van der Waals surface area contributed by atoms with Crippen molar-refractivity contribution in [2.24, 2.45) is 0 Å². The highest BCUT2D eigenvalue weighted by atomic mass is 79.9. The number of aliphatic carboxylic acids is 1. The SMILES string of the molecule is COCC(C(=O)O)c1cc(Br)cs1. The van der Waals surface area contributed by atoms with Crippen LogP contribution < -0.4 is 0 Å². The van der Waals surface area contributed by atoms with E-state index in [4.69, 9.17) is 9.84 Å². The Labute approximate surface area is 88.5 Å². The van der Waals surface area contributed by atoms with Gasteiger partial charge in [0.25, 0.3) is 0 Å². The van der Waals surface area contributed by atoms with Gasteiger partial charge >= 0.3 is 5.97 Å². The van der Waals surface area contributed by atoms with Crippen LogP contribution in [0, 0.1) is 0 Å². The molecule has 0 aliphatic rings. The number of carbonyl (C=O) groups is 1. The Morgan fingerprint density at radius 1 is 1.85 bits per heavy atom. The molecule has 1 aromatic rings. The molecular weight excluding hydrogens is 256 g/mol. The van der Waals surface area contributed by atoms with E-state index < -0.39 is 11.9 Å². The Morgan fingerprint density at radius 3 is 2.92 bits per heavy atom. The minimum atomic E-state index is -0.851. The van der Waals surface area contributed by atoms with Crippen LogP contribution in [-0.2, 0) is 9.53 Å². The number of hydrogen-bond acceptors (Lipinski definition) is 3. The Hall–Kier alpha value is -0.390. The summed E-state index contributed by atoms with van der Waals surface area (Å²) < 4.78 is 5.75. The topological polar surface area (TPSA) is 46.5 Å². The fourth-order valence-electron chi connectivity index (χ4n) is 0.953. The third kappa shape index (κ3) is 2.79. The van der Waals surface area contributed by atoms with Crippen LogP contribution in [0.4, 0.5) is 0 Å². The smallest absolute Gasteiger partial charge is 0.314 e. The monoisotopic (exact) mass is 264 g/mol. The van der Waals surface area contributed by atoms with Gasteiger partial charge in [-0.25, -0.2) is 0 Å². The van der Waals surface area contributed by atoms with Crippen molar-refractivity contribution >= 4 is 33.2 Å². The van der Waals surface area contributed by atoms with Crippen LogP contribution in [0.2, 0.25) is 0 Å². The molecule has 0 spiro atoms. The van der Waals surface area contributed by atoms with Gasteiger partial charge in [-0.05, 0) is 22.0 Å². The summed E-state index contributed by atoms with van der Waals surface area (Å²) in [6.07, 6.45) is 0. The molecule has 0 aliphatic carbocycles. The largest absolute Gasteiger partial charge is 0.481 e. The number of halogens is 1. The molecule has 0 fully saturated rings. The van der Waals surface area contributed by atoms with E-state index in [1.165, 1.54) is 18.4 Å². The van der Waals surface area contributed by atoms with Crippen LogP contribution in [0.1, 0.15) is 10.8 Å². The zero-order valence-corrected chi connectivity index (χ0v) is 9.39. The first kappa shape index (κ1) is 10.7. The Kier molecular flexibility index (Phi) is 3.90. The summed E-state index contributed by atoms with van der Waals surface area (Å²) in [4.78, 5) is 11.6. The molecule has 1 atom stereocenters. The minimum absolute atomic E-state index is 0.211. The first-order chi connectivity index (χ1) is 6.15. The summed E-state index contributed by atoms with van der Waals surface area (Å²) >= 11 is 4.70. The summed E-state index contributed by atoms with van der Waals surface area (Å²) in [5.41, 5.74) is 0. The molecule has 0 radical (unpaired) electrons. The fraction of sp³-hybridized carbons (Fsp3) is 0.375. The van der Waals surface area contributed by atoms with E-state index in [-0.39, 0.29) is 6.61 Å². The quantitative estimate of drug-likeness (QED) is 0.908. The summed E-state index contributed by atoms with van der Waals surface area (Å²) in [6.45, 7) is 0.211. The minimum Gasteiger partial charge on any atom is -0.481 e. The molecule has 3 nitrogen and oxygen atoms in total. The number of hydrogen-bond donors (Lipinski definition) is 1. The zero-order chi connectivity index (χ0) is 9.84. The molecule has 1 N–H and O–H groups in total. The van der Waals surface area contributed by atoms with Gasteiger partial charge in [0.05, 0.1) is 6.61 Å².